The first-order valence-corrected chi connectivity index (χ1v) is 25.2. The highest BCUT2D eigenvalue weighted by molar-refractivity contribution is 6.23. The standard InChI is InChI=1S/C66H57N5O/c1-64(2,3)43-30-31-67-62(37-43)70-57-28-24-41(42-25-29-58-55(33-42)53-20-15-19-52-50-18-10-11-21-56(50)71(58)63(52)53)32-54(57)51-27-26-49(39-61(51)70)72-48-17-14-16-46(38-48)68-40-69(60-23-13-12-22-59(60)68)47-35-44(65(4,5)6)34-45(36-47)66(7,8)9/h10-39H,1-9H3. The molecule has 5 aromatic heterocycles. The highest BCUT2D eigenvalue weighted by atomic mass is 16.5. The molecule has 0 fully saturated rings. The highest BCUT2D eigenvalue weighted by Crippen LogP contribution is 2.42. The van der Waals surface area contributed by atoms with Gasteiger partial charge in [0, 0.05) is 44.6 Å². The minimum Gasteiger partial charge on any atom is -0.458 e. The highest BCUT2D eigenvalue weighted by Gasteiger charge is 2.24. The third-order valence-electron chi connectivity index (χ3n) is 14.9. The van der Waals surface area contributed by atoms with E-state index in [4.69, 9.17) is 9.72 Å². The van der Waals surface area contributed by atoms with Gasteiger partial charge in [0.05, 0.1) is 50.0 Å². The predicted molar refractivity (Wildman–Crippen MR) is 298 cm³/mol. The Morgan fingerprint density at radius 3 is 1.78 bits per heavy atom. The topological polar surface area (TPSA) is 40.3 Å². The van der Waals surface area contributed by atoms with Crippen LogP contribution < -0.4 is 9.30 Å². The lowest BCUT2D eigenvalue weighted by Crippen LogP contribution is -2.31. The lowest BCUT2D eigenvalue weighted by atomic mass is 9.80. The maximum atomic E-state index is 6.86. The van der Waals surface area contributed by atoms with Crippen LogP contribution in [0.25, 0.3) is 99.3 Å². The van der Waals surface area contributed by atoms with E-state index in [9.17, 15) is 0 Å². The lowest BCUT2D eigenvalue weighted by molar-refractivity contribution is -0.572. The fraction of sp³-hybridized carbons (Fsp3) is 0.182. The zero-order valence-electron chi connectivity index (χ0n) is 42.5. The van der Waals surface area contributed by atoms with Crippen LogP contribution in [0.5, 0.6) is 11.5 Å². The molecule has 13 aromatic rings. The molecule has 72 heavy (non-hydrogen) atoms. The van der Waals surface area contributed by atoms with Crippen molar-refractivity contribution in [2.24, 2.45) is 0 Å². The van der Waals surface area contributed by atoms with Crippen LogP contribution >= 0.6 is 0 Å². The van der Waals surface area contributed by atoms with Gasteiger partial charge < -0.3 is 9.14 Å². The number of para-hydroxylation sites is 4. The summed E-state index contributed by atoms with van der Waals surface area (Å²) in [6.45, 7) is 20.5. The molecule has 6 heteroatoms. The van der Waals surface area contributed by atoms with Crippen LogP contribution in [0.4, 0.5) is 0 Å². The normalized spacial score (nSPS) is 12.8. The molecule has 0 amide bonds. The van der Waals surface area contributed by atoms with Crippen molar-refractivity contribution in [1.82, 2.24) is 18.5 Å². The Bertz CT molecular complexity index is 4280. The zero-order valence-corrected chi connectivity index (χ0v) is 42.5. The van der Waals surface area contributed by atoms with E-state index in [2.05, 4.69) is 257 Å². The van der Waals surface area contributed by atoms with Crippen molar-refractivity contribution in [2.75, 3.05) is 0 Å². The van der Waals surface area contributed by atoms with Crippen molar-refractivity contribution >= 4 is 70.9 Å². The first kappa shape index (κ1) is 43.8. The van der Waals surface area contributed by atoms with Crippen LogP contribution in [-0.2, 0) is 16.2 Å². The van der Waals surface area contributed by atoms with Gasteiger partial charge in [-0.2, -0.15) is 0 Å². The summed E-state index contributed by atoms with van der Waals surface area (Å²) in [5.41, 5.74) is 16.2. The maximum absolute atomic E-state index is 6.86. The number of imidazole rings is 1. The van der Waals surface area contributed by atoms with Gasteiger partial charge in [-0.1, -0.05) is 147 Å². The molecule has 0 aliphatic carbocycles. The number of benzene rings is 8. The summed E-state index contributed by atoms with van der Waals surface area (Å²) in [6, 6.07) is 64.0. The average Bonchev–Trinajstić information content (AvgIpc) is 4.11. The average molecular weight is 936 g/mol. The van der Waals surface area contributed by atoms with Crippen molar-refractivity contribution in [3.8, 4) is 39.8 Å². The molecular formula is C66H57N5O. The fourth-order valence-corrected chi connectivity index (χ4v) is 11.0. The monoisotopic (exact) mass is 935 g/mol. The first-order chi connectivity index (χ1) is 34.6. The third-order valence-corrected chi connectivity index (χ3v) is 14.9. The van der Waals surface area contributed by atoms with Crippen molar-refractivity contribution < 1.29 is 9.30 Å². The Morgan fingerprint density at radius 1 is 0.444 bits per heavy atom. The summed E-state index contributed by atoms with van der Waals surface area (Å²) >= 11 is 0. The van der Waals surface area contributed by atoms with Gasteiger partial charge >= 0.3 is 0 Å². The number of nitrogens with zero attached hydrogens (tertiary/aromatic N) is 5. The summed E-state index contributed by atoms with van der Waals surface area (Å²) in [5.74, 6) is 2.35. The number of hydrogen-bond donors (Lipinski definition) is 0. The van der Waals surface area contributed by atoms with Crippen LogP contribution in [0.15, 0.2) is 182 Å². The molecule has 5 heterocycles. The van der Waals surface area contributed by atoms with Crippen molar-refractivity contribution in [2.45, 2.75) is 78.6 Å². The Hall–Kier alpha value is -8.22. The quantitative estimate of drug-likeness (QED) is 0.123. The molecule has 0 unspecified atom stereocenters. The molecule has 0 saturated carbocycles. The molecule has 0 N–H and O–H groups in total. The first-order valence-electron chi connectivity index (χ1n) is 25.2. The summed E-state index contributed by atoms with van der Waals surface area (Å²) in [6.07, 6.45) is 5.70. The van der Waals surface area contributed by atoms with E-state index in [1.807, 2.05) is 12.3 Å². The second-order valence-electron chi connectivity index (χ2n) is 22.8. The summed E-state index contributed by atoms with van der Waals surface area (Å²) in [5, 5.41) is 7.42. The minimum atomic E-state index is -0.0540. The number of aromatic nitrogens is 5. The lowest BCUT2D eigenvalue weighted by Gasteiger charge is -2.26. The molecule has 0 saturated heterocycles. The van der Waals surface area contributed by atoms with E-state index in [0.29, 0.717) is 0 Å². The van der Waals surface area contributed by atoms with Gasteiger partial charge in [0.2, 0.25) is 0 Å². The molecule has 0 aliphatic rings. The van der Waals surface area contributed by atoms with Crippen molar-refractivity contribution in [3.05, 3.63) is 205 Å². The third kappa shape index (κ3) is 6.98. The van der Waals surface area contributed by atoms with Gasteiger partial charge in [-0.05, 0) is 129 Å². The van der Waals surface area contributed by atoms with Crippen molar-refractivity contribution in [1.29, 1.82) is 0 Å². The van der Waals surface area contributed by atoms with Gasteiger partial charge in [0.15, 0.2) is 0 Å². The van der Waals surface area contributed by atoms with Gasteiger partial charge in [-0.25, -0.2) is 4.98 Å². The van der Waals surface area contributed by atoms with Crippen LogP contribution in [0.1, 0.15) is 79.0 Å². The summed E-state index contributed by atoms with van der Waals surface area (Å²) < 4.78 is 16.0. The Labute approximate surface area is 420 Å². The number of fused-ring (bicyclic) bond motifs is 10. The van der Waals surface area contributed by atoms with E-state index in [0.717, 1.165) is 61.5 Å². The number of hydrogen-bond acceptors (Lipinski definition) is 2. The Balaban J connectivity index is 0.914. The van der Waals surface area contributed by atoms with Crippen molar-refractivity contribution in [3.63, 3.8) is 0 Å². The SMILES string of the molecule is CC(C)(C)c1cc(-[n+]2[c-]n(-c3cccc(Oc4ccc5c6cc(-c7ccc8c(c7)c7cccc9c%10ccccc%10n8c97)ccc6n(-c6cc(C(C)(C)C)ccn6)c5c4)c3)c3ccccc32)cc(C(C)(C)C)c1. The fourth-order valence-electron chi connectivity index (χ4n) is 11.0. The van der Waals surface area contributed by atoms with E-state index in [1.165, 1.54) is 65.9 Å². The van der Waals surface area contributed by atoms with E-state index in [1.54, 1.807) is 0 Å². The van der Waals surface area contributed by atoms with E-state index in [-0.39, 0.29) is 16.2 Å². The zero-order chi connectivity index (χ0) is 49.4. The minimum absolute atomic E-state index is 0.0160. The smallest absolute Gasteiger partial charge is 0.269 e. The van der Waals surface area contributed by atoms with Gasteiger partial charge in [0.1, 0.15) is 17.3 Å². The predicted octanol–water partition coefficient (Wildman–Crippen LogP) is 16.7. The largest absolute Gasteiger partial charge is 0.458 e. The molecule has 0 radical (unpaired) electrons. The van der Waals surface area contributed by atoms with Crippen LogP contribution in [0.2, 0.25) is 0 Å². The number of pyridine rings is 1. The van der Waals surface area contributed by atoms with Crippen LogP contribution in [0.3, 0.4) is 0 Å². The van der Waals surface area contributed by atoms with Gasteiger partial charge in [-0.3, -0.25) is 13.7 Å². The molecule has 352 valence electrons. The van der Waals surface area contributed by atoms with Crippen LogP contribution in [-0.4, -0.2) is 18.5 Å². The maximum Gasteiger partial charge on any atom is 0.269 e. The van der Waals surface area contributed by atoms with Crippen LogP contribution in [0, 0.1) is 6.33 Å². The Kier molecular flexibility index (Phi) is 9.51. The van der Waals surface area contributed by atoms with E-state index < -0.39 is 0 Å². The van der Waals surface area contributed by atoms with Gasteiger partial charge in [-0.15, -0.1) is 0 Å². The van der Waals surface area contributed by atoms with Gasteiger partial charge in [0.25, 0.3) is 6.33 Å². The summed E-state index contributed by atoms with van der Waals surface area (Å²) in [4.78, 5) is 5.02. The molecule has 8 aromatic carbocycles. The second-order valence-corrected chi connectivity index (χ2v) is 22.8. The molecular weight excluding hydrogens is 879 g/mol. The molecule has 0 aliphatic heterocycles. The molecule has 6 nitrogen and oxygen atoms in total. The molecule has 0 bridgehead atoms. The second kappa shape index (κ2) is 15.6. The number of rotatable bonds is 6. The molecule has 0 spiro atoms. The molecule has 0 atom stereocenters. The summed E-state index contributed by atoms with van der Waals surface area (Å²) in [7, 11) is 0. The Morgan fingerprint density at radius 2 is 1.04 bits per heavy atom. The van der Waals surface area contributed by atoms with E-state index >= 15 is 0 Å². The molecule has 13 rings (SSSR count). The number of ether oxygens (including phenoxy) is 1.